The molecule has 3 saturated heterocycles. The molecule has 3 fully saturated rings. The van der Waals surface area contributed by atoms with Gasteiger partial charge in [0.15, 0.2) is 0 Å². The number of rotatable bonds is 2. The van der Waals surface area contributed by atoms with Crippen molar-refractivity contribution in [3.05, 3.63) is 48.5 Å². The van der Waals surface area contributed by atoms with Crippen molar-refractivity contribution in [2.75, 3.05) is 44.7 Å². The van der Waals surface area contributed by atoms with E-state index >= 15 is 0 Å². The first-order valence-electron chi connectivity index (χ1n) is 10.5. The number of aromatic nitrogens is 3. The van der Waals surface area contributed by atoms with Gasteiger partial charge < -0.3 is 14.7 Å². The van der Waals surface area contributed by atoms with E-state index in [0.717, 1.165) is 32.4 Å². The third kappa shape index (κ3) is 2.77. The molecule has 3 aliphatic rings. The second-order valence-electron chi connectivity index (χ2n) is 8.77. The van der Waals surface area contributed by atoms with Crippen LogP contribution in [0, 0.1) is 10.8 Å². The number of carbonyl (C=O) groups is 2. The quantitative estimate of drug-likeness (QED) is 0.751. The summed E-state index contributed by atoms with van der Waals surface area (Å²) in [6.45, 7) is 3.50. The van der Waals surface area contributed by atoms with E-state index in [9.17, 15) is 9.59 Å². The summed E-state index contributed by atoms with van der Waals surface area (Å²) >= 11 is 0. The Morgan fingerprint density at radius 3 is 2.30 bits per heavy atom. The molecular formula is C22H26N6O2. The summed E-state index contributed by atoms with van der Waals surface area (Å²) in [4.78, 5) is 45.1. The van der Waals surface area contributed by atoms with Crippen LogP contribution < -0.4 is 4.90 Å². The average Bonchev–Trinajstić information content (AvgIpc) is 3.28. The van der Waals surface area contributed by atoms with Gasteiger partial charge in [0.05, 0.1) is 5.41 Å². The maximum absolute atomic E-state index is 13.4. The van der Waals surface area contributed by atoms with Gasteiger partial charge in [-0.3, -0.25) is 14.6 Å². The molecule has 0 aliphatic carbocycles. The van der Waals surface area contributed by atoms with Crippen molar-refractivity contribution in [2.24, 2.45) is 10.8 Å². The second kappa shape index (κ2) is 7.04. The first-order chi connectivity index (χ1) is 14.5. The molecule has 2 spiro atoms. The number of pyridine rings is 1. The Morgan fingerprint density at radius 1 is 0.967 bits per heavy atom. The molecule has 8 nitrogen and oxygen atoms in total. The van der Waals surface area contributed by atoms with E-state index in [1.807, 2.05) is 22.9 Å². The average molecular weight is 406 g/mol. The number of carbonyl (C=O) groups excluding carboxylic acids is 2. The number of likely N-dealkylation sites (tertiary alicyclic amines) is 2. The van der Waals surface area contributed by atoms with Gasteiger partial charge >= 0.3 is 0 Å². The molecule has 3 aliphatic heterocycles. The van der Waals surface area contributed by atoms with Crippen molar-refractivity contribution < 1.29 is 9.59 Å². The molecule has 2 aromatic heterocycles. The van der Waals surface area contributed by atoms with E-state index in [2.05, 4.69) is 19.9 Å². The number of hydrogen-bond donors (Lipinski definition) is 0. The lowest BCUT2D eigenvalue weighted by atomic mass is 9.60. The van der Waals surface area contributed by atoms with Crippen molar-refractivity contribution >= 4 is 17.8 Å². The van der Waals surface area contributed by atoms with E-state index in [1.54, 1.807) is 36.9 Å². The topological polar surface area (TPSA) is 82.5 Å². The molecule has 0 saturated carbocycles. The van der Waals surface area contributed by atoms with Gasteiger partial charge in [-0.2, -0.15) is 0 Å². The zero-order valence-corrected chi connectivity index (χ0v) is 17.2. The van der Waals surface area contributed by atoms with E-state index in [0.29, 0.717) is 31.1 Å². The summed E-state index contributed by atoms with van der Waals surface area (Å²) in [5.41, 5.74) is 0.0774. The lowest BCUT2D eigenvalue weighted by Crippen LogP contribution is -2.53. The lowest BCUT2D eigenvalue weighted by Gasteiger charge is -2.46. The molecule has 156 valence electrons. The maximum Gasteiger partial charge on any atom is 0.253 e. The SMILES string of the molecule is CN1CCC2(CN(c3ncccn3)CC23CCN(C(=O)c2ccncc2)CC3)C1=O. The number of hydrogen-bond acceptors (Lipinski definition) is 6. The third-order valence-corrected chi connectivity index (χ3v) is 7.37. The Kier molecular flexibility index (Phi) is 4.45. The molecule has 2 amide bonds. The minimum Gasteiger partial charge on any atom is -0.345 e. The largest absolute Gasteiger partial charge is 0.345 e. The molecule has 1 atom stereocenters. The normalized spacial score (nSPS) is 25.5. The van der Waals surface area contributed by atoms with Crippen LogP contribution in [-0.2, 0) is 4.79 Å². The van der Waals surface area contributed by atoms with Crippen LogP contribution in [0.25, 0.3) is 0 Å². The summed E-state index contributed by atoms with van der Waals surface area (Å²) in [6.07, 6.45) is 9.27. The Bertz CT molecular complexity index is 945. The first kappa shape index (κ1) is 19.0. The molecule has 0 aromatic carbocycles. The highest BCUT2D eigenvalue weighted by Crippen LogP contribution is 2.58. The monoisotopic (exact) mass is 406 g/mol. The van der Waals surface area contributed by atoms with Crippen LogP contribution in [0.4, 0.5) is 5.95 Å². The van der Waals surface area contributed by atoms with Crippen LogP contribution >= 0.6 is 0 Å². The first-order valence-corrected chi connectivity index (χ1v) is 10.5. The summed E-state index contributed by atoms with van der Waals surface area (Å²) in [6, 6.07) is 5.32. The van der Waals surface area contributed by atoms with E-state index in [1.165, 1.54) is 0 Å². The molecule has 1 unspecified atom stereocenters. The zero-order chi connectivity index (χ0) is 20.8. The van der Waals surface area contributed by atoms with Gasteiger partial charge in [-0.15, -0.1) is 0 Å². The highest BCUT2D eigenvalue weighted by atomic mass is 16.2. The van der Waals surface area contributed by atoms with Crippen LogP contribution in [0.3, 0.4) is 0 Å². The van der Waals surface area contributed by atoms with Gasteiger partial charge in [0.1, 0.15) is 0 Å². The van der Waals surface area contributed by atoms with Gasteiger partial charge in [-0.25, -0.2) is 9.97 Å². The van der Waals surface area contributed by atoms with Crippen LogP contribution in [0.1, 0.15) is 29.6 Å². The molecular weight excluding hydrogens is 380 g/mol. The molecule has 0 bridgehead atoms. The molecule has 0 N–H and O–H groups in total. The van der Waals surface area contributed by atoms with E-state index in [-0.39, 0.29) is 17.2 Å². The zero-order valence-electron chi connectivity index (χ0n) is 17.2. The lowest BCUT2D eigenvalue weighted by molar-refractivity contribution is -0.140. The Morgan fingerprint density at radius 2 is 1.67 bits per heavy atom. The van der Waals surface area contributed by atoms with E-state index < -0.39 is 5.41 Å². The molecule has 2 aromatic rings. The van der Waals surface area contributed by atoms with E-state index in [4.69, 9.17) is 0 Å². The van der Waals surface area contributed by atoms with Crippen LogP contribution in [-0.4, -0.2) is 76.3 Å². The van der Waals surface area contributed by atoms with Gasteiger partial charge in [0, 0.05) is 75.5 Å². The molecule has 30 heavy (non-hydrogen) atoms. The Balaban J connectivity index is 1.42. The van der Waals surface area contributed by atoms with Crippen molar-refractivity contribution in [2.45, 2.75) is 19.3 Å². The predicted molar refractivity (Wildman–Crippen MR) is 111 cm³/mol. The highest BCUT2D eigenvalue weighted by Gasteiger charge is 2.65. The fourth-order valence-electron chi connectivity index (χ4n) is 5.68. The number of amides is 2. The molecule has 0 radical (unpaired) electrons. The number of piperidine rings is 1. The van der Waals surface area contributed by atoms with Crippen molar-refractivity contribution in [1.29, 1.82) is 0 Å². The molecule has 8 heteroatoms. The summed E-state index contributed by atoms with van der Waals surface area (Å²) in [5.74, 6) is 0.957. The van der Waals surface area contributed by atoms with Gasteiger partial charge in [-0.1, -0.05) is 0 Å². The number of anilines is 1. The summed E-state index contributed by atoms with van der Waals surface area (Å²) in [5, 5.41) is 0. The smallest absolute Gasteiger partial charge is 0.253 e. The Labute approximate surface area is 175 Å². The molecule has 5 rings (SSSR count). The fourth-order valence-corrected chi connectivity index (χ4v) is 5.68. The van der Waals surface area contributed by atoms with Crippen molar-refractivity contribution in [3.63, 3.8) is 0 Å². The highest BCUT2D eigenvalue weighted by molar-refractivity contribution is 5.94. The van der Waals surface area contributed by atoms with Crippen LogP contribution in [0.15, 0.2) is 43.0 Å². The minimum absolute atomic E-state index is 0.0393. The predicted octanol–water partition coefficient (Wildman–Crippen LogP) is 1.46. The van der Waals surface area contributed by atoms with Gasteiger partial charge in [-0.05, 0) is 37.5 Å². The van der Waals surface area contributed by atoms with Gasteiger partial charge in [0.2, 0.25) is 11.9 Å². The molecule has 5 heterocycles. The van der Waals surface area contributed by atoms with Gasteiger partial charge in [0.25, 0.3) is 5.91 Å². The van der Waals surface area contributed by atoms with Crippen molar-refractivity contribution in [3.8, 4) is 0 Å². The van der Waals surface area contributed by atoms with Crippen molar-refractivity contribution in [1.82, 2.24) is 24.8 Å². The number of nitrogens with zero attached hydrogens (tertiary/aromatic N) is 6. The standard InChI is InChI=1S/C22H26N6O2/c1-26-12-7-22(19(26)30)16-28(20-24-8-2-9-25-20)15-21(22)5-13-27(14-6-21)18(29)17-3-10-23-11-4-17/h2-4,8-11H,5-7,12-16H2,1H3. The summed E-state index contributed by atoms with van der Waals surface area (Å²) < 4.78 is 0. The second-order valence-corrected chi connectivity index (χ2v) is 8.77. The van der Waals surface area contributed by atoms with Crippen LogP contribution in [0.5, 0.6) is 0 Å². The number of fused-ring (bicyclic) bond motifs is 1. The fraction of sp³-hybridized carbons (Fsp3) is 0.500. The minimum atomic E-state index is -0.424. The maximum atomic E-state index is 13.4. The van der Waals surface area contributed by atoms with Crippen LogP contribution in [0.2, 0.25) is 0 Å². The summed E-state index contributed by atoms with van der Waals surface area (Å²) in [7, 11) is 1.90. The Hall–Kier alpha value is -3.03. The third-order valence-electron chi connectivity index (χ3n) is 7.37.